The minimum atomic E-state index is -1.67. The maximum absolute atomic E-state index is 11.7. The molecular formula is C46H78O21. The monoisotopic (exact) mass is 967 g/mol. The van der Waals surface area contributed by atoms with Crippen molar-refractivity contribution in [3.8, 4) is 11.5 Å². The van der Waals surface area contributed by atoms with Gasteiger partial charge in [0.05, 0.1) is 39.1 Å². The predicted octanol–water partition coefficient (Wildman–Crippen LogP) is 0.0271. The van der Waals surface area contributed by atoms with Crippen LogP contribution < -0.4 is 10.4 Å². The highest BCUT2D eigenvalue weighted by Gasteiger charge is 2.52. The van der Waals surface area contributed by atoms with Crippen molar-refractivity contribution in [2.75, 3.05) is 26.9 Å². The molecule has 0 aromatic carbocycles. The van der Waals surface area contributed by atoms with Crippen molar-refractivity contribution in [3.05, 3.63) is 58.7 Å². The summed E-state index contributed by atoms with van der Waals surface area (Å²) in [4.78, 5) is 23.3. The molecule has 388 valence electrons. The molecule has 3 aliphatic rings. The summed E-state index contributed by atoms with van der Waals surface area (Å²) >= 11 is 0. The Morgan fingerprint density at radius 1 is 0.716 bits per heavy atom. The second-order valence-corrected chi connectivity index (χ2v) is 18.3. The Hall–Kier alpha value is -3.36. The Morgan fingerprint density at radius 3 is 1.70 bits per heavy atom. The number of hydrogen-bond acceptors (Lipinski definition) is 21. The first-order valence-electron chi connectivity index (χ1n) is 21.8. The zero-order valence-electron chi connectivity index (χ0n) is 39.1. The number of carbonyl (C=O) groups excluding carboxylic acids is 1. The van der Waals surface area contributed by atoms with Crippen LogP contribution >= 0.6 is 0 Å². The molecular weight excluding hydrogens is 888 g/mol. The van der Waals surface area contributed by atoms with E-state index < -0.39 is 128 Å². The number of carbonyl (C=O) groups is 1. The highest BCUT2D eigenvalue weighted by molar-refractivity contribution is 5.82. The molecule has 3 aliphatic heterocycles. The lowest BCUT2D eigenvalue weighted by molar-refractivity contribution is -0.345. The molecule has 3 saturated heterocycles. The number of ether oxygens (including phenoxy) is 6. The number of unbranched alkanes of at least 4 members (excludes halogenated alkanes) is 2. The van der Waals surface area contributed by atoms with Gasteiger partial charge in [0, 0.05) is 12.1 Å². The zero-order valence-corrected chi connectivity index (χ0v) is 39.1. The van der Waals surface area contributed by atoms with Gasteiger partial charge in [0.15, 0.2) is 23.9 Å². The normalized spacial score (nSPS) is 33.0. The summed E-state index contributed by atoms with van der Waals surface area (Å²) in [6, 6.07) is 1.18. The standard InChI is InChI=1S/C19H24O6.C16H30O10.C10H20O5.CH4/c1-4-5-6-7-8-9-10-11-12-17(21)24-14(2)16-13-15(20)18(23-3)19(22)25-16;1-16(2,3)14-11(22)10(21)13(7(5-18)24-14)26-15-12(23)9(20)8(19)6(4-17)25-15;1-10(2,3)9-8(14)7(13)6(12)5(4-11)15-9;/h7-14,20H,4-6H2,1-3H3;6-15,17-23H,4-5H2,1-3H3;5-9,11-14H,4H2,1-3H3;1H4/b8-7+,10-9+,12-11+;;;. The van der Waals surface area contributed by atoms with Crippen LogP contribution in [0.25, 0.3) is 0 Å². The van der Waals surface area contributed by atoms with Crippen molar-refractivity contribution >= 4 is 5.97 Å². The summed E-state index contributed by atoms with van der Waals surface area (Å²) in [5, 5.41) is 117. The molecule has 0 aliphatic carbocycles. The number of aromatic hydroxyl groups is 1. The first-order valence-corrected chi connectivity index (χ1v) is 21.8. The van der Waals surface area contributed by atoms with Gasteiger partial charge in [-0.15, -0.1) is 0 Å². The average Bonchev–Trinajstić information content (AvgIpc) is 3.25. The van der Waals surface area contributed by atoms with Gasteiger partial charge in [0.2, 0.25) is 5.75 Å². The van der Waals surface area contributed by atoms with Gasteiger partial charge in [-0.1, -0.05) is 99.1 Å². The molecule has 21 nitrogen and oxygen atoms in total. The summed E-state index contributed by atoms with van der Waals surface area (Å²) in [6.07, 6.45) is -5.67. The first kappa shape index (κ1) is 61.7. The zero-order chi connectivity index (χ0) is 50.3. The molecule has 0 spiro atoms. The van der Waals surface area contributed by atoms with Crippen LogP contribution in [-0.4, -0.2) is 186 Å². The van der Waals surface area contributed by atoms with Crippen molar-refractivity contribution in [3.63, 3.8) is 0 Å². The topological polar surface area (TPSA) is 345 Å². The maximum Gasteiger partial charge on any atom is 0.382 e. The molecule has 0 amide bonds. The highest BCUT2D eigenvalue weighted by atomic mass is 16.7. The Balaban J connectivity index is 0.000000517. The predicted molar refractivity (Wildman–Crippen MR) is 240 cm³/mol. The lowest BCUT2D eigenvalue weighted by atomic mass is 9.80. The van der Waals surface area contributed by atoms with Crippen LogP contribution in [0.4, 0.5) is 0 Å². The SMILES string of the molecule is C.CC(C)(C)C1OC(CO)C(O)C(O)C1O.CC(C)(C)C1OC(CO)C(OC2OC(CO)C(O)C(O)C2O)C(O)C1O.CCCC/C=C/C=C/C=C/C(=O)OC(C)c1cc(O)c(OC)c(=O)o1. The quantitative estimate of drug-likeness (QED) is 0.0506. The van der Waals surface area contributed by atoms with Crippen LogP contribution in [0.5, 0.6) is 11.5 Å². The van der Waals surface area contributed by atoms with Crippen LogP contribution in [0.3, 0.4) is 0 Å². The van der Waals surface area contributed by atoms with Crippen molar-refractivity contribution in [1.29, 1.82) is 0 Å². The molecule has 4 heterocycles. The molecule has 67 heavy (non-hydrogen) atoms. The molecule has 0 bridgehead atoms. The van der Waals surface area contributed by atoms with E-state index in [9.17, 15) is 65.8 Å². The second-order valence-electron chi connectivity index (χ2n) is 18.3. The number of allylic oxidation sites excluding steroid dienone is 5. The summed E-state index contributed by atoms with van der Waals surface area (Å²) in [5.41, 5.74) is -1.73. The fraction of sp³-hybridized carbons (Fsp3) is 0.739. The summed E-state index contributed by atoms with van der Waals surface area (Å²) < 4.78 is 36.6. The minimum absolute atomic E-state index is 0. The van der Waals surface area contributed by atoms with Gasteiger partial charge in [-0.2, -0.15) is 0 Å². The van der Waals surface area contributed by atoms with Crippen molar-refractivity contribution in [2.24, 2.45) is 10.8 Å². The van der Waals surface area contributed by atoms with Gasteiger partial charge < -0.3 is 94.1 Å². The lowest BCUT2D eigenvalue weighted by Gasteiger charge is -2.48. The third-order valence-electron chi connectivity index (χ3n) is 10.8. The van der Waals surface area contributed by atoms with E-state index in [1.54, 1.807) is 32.9 Å². The third-order valence-corrected chi connectivity index (χ3v) is 10.8. The van der Waals surface area contributed by atoms with Crippen LogP contribution in [0.2, 0.25) is 0 Å². The Labute approximate surface area is 392 Å². The highest BCUT2D eigenvalue weighted by Crippen LogP contribution is 2.36. The van der Waals surface area contributed by atoms with Crippen LogP contribution in [-0.2, 0) is 28.5 Å². The van der Waals surface area contributed by atoms with E-state index in [1.165, 1.54) is 26.2 Å². The molecule has 4 rings (SSSR count). The third kappa shape index (κ3) is 17.5. The van der Waals surface area contributed by atoms with Gasteiger partial charge in [-0.05, 0) is 24.2 Å². The fourth-order valence-electron chi connectivity index (χ4n) is 7.03. The lowest BCUT2D eigenvalue weighted by Crippen LogP contribution is -2.65. The molecule has 1 aromatic rings. The van der Waals surface area contributed by atoms with Crippen LogP contribution in [0.1, 0.15) is 93.9 Å². The van der Waals surface area contributed by atoms with E-state index in [2.05, 4.69) is 13.0 Å². The number of rotatable bonds is 14. The number of aliphatic hydroxyl groups excluding tert-OH is 11. The van der Waals surface area contributed by atoms with Gasteiger partial charge in [-0.25, -0.2) is 9.59 Å². The number of hydrogen-bond donors (Lipinski definition) is 12. The minimum Gasteiger partial charge on any atom is -0.504 e. The molecule has 21 heteroatoms. The summed E-state index contributed by atoms with van der Waals surface area (Å²) in [5.74, 6) is -1.23. The Bertz CT molecular complexity index is 1730. The Kier molecular flexibility index (Phi) is 26.1. The van der Waals surface area contributed by atoms with Crippen LogP contribution in [0, 0.1) is 10.8 Å². The molecule has 16 atom stereocenters. The largest absolute Gasteiger partial charge is 0.504 e. The molecule has 3 fully saturated rings. The fourth-order valence-corrected chi connectivity index (χ4v) is 7.03. The van der Waals surface area contributed by atoms with Gasteiger partial charge in [0.1, 0.15) is 73.2 Å². The maximum atomic E-state index is 11.7. The van der Waals surface area contributed by atoms with Crippen molar-refractivity contribution < 1.29 is 98.9 Å². The summed E-state index contributed by atoms with van der Waals surface area (Å²) in [6.45, 7) is 13.1. The van der Waals surface area contributed by atoms with Gasteiger partial charge in [0.25, 0.3) is 0 Å². The molecule has 12 N–H and O–H groups in total. The molecule has 16 unspecified atom stereocenters. The molecule has 0 radical (unpaired) electrons. The Morgan fingerprint density at radius 2 is 1.21 bits per heavy atom. The van der Waals surface area contributed by atoms with Crippen molar-refractivity contribution in [1.82, 2.24) is 0 Å². The van der Waals surface area contributed by atoms with Gasteiger partial charge >= 0.3 is 11.6 Å². The van der Waals surface area contributed by atoms with Crippen molar-refractivity contribution in [2.45, 2.75) is 180 Å². The van der Waals surface area contributed by atoms with Crippen LogP contribution in [0.15, 0.2) is 51.7 Å². The molecule has 1 aromatic heterocycles. The number of esters is 1. The van der Waals surface area contributed by atoms with E-state index in [0.29, 0.717) is 0 Å². The van der Waals surface area contributed by atoms with Gasteiger partial charge in [-0.3, -0.25) is 0 Å². The summed E-state index contributed by atoms with van der Waals surface area (Å²) in [7, 11) is 1.24. The van der Waals surface area contributed by atoms with E-state index in [0.717, 1.165) is 19.3 Å². The van der Waals surface area contributed by atoms with E-state index in [1.807, 2.05) is 32.9 Å². The first-order chi connectivity index (χ1) is 30.8. The van der Waals surface area contributed by atoms with E-state index in [4.69, 9.17) is 37.9 Å². The smallest absolute Gasteiger partial charge is 0.382 e. The average molecular weight is 967 g/mol. The number of aliphatic hydroxyl groups is 11. The molecule has 0 saturated carbocycles. The second kappa shape index (κ2) is 28.3. The van der Waals surface area contributed by atoms with E-state index >= 15 is 0 Å². The number of methoxy groups -OCH3 is 1. The van der Waals surface area contributed by atoms with E-state index in [-0.39, 0.29) is 36.7 Å².